The number of hydrogen-bond acceptors (Lipinski definition) is 2. The Morgan fingerprint density at radius 1 is 1.00 bits per heavy atom. The number of fused-ring (bicyclic) bond motifs is 2. The van der Waals surface area contributed by atoms with Crippen LogP contribution in [0.15, 0.2) is 66.9 Å². The first kappa shape index (κ1) is 14.6. The molecule has 4 rings (SSSR count). The molecule has 2 heterocycles. The number of pyridine rings is 1. The van der Waals surface area contributed by atoms with E-state index in [0.29, 0.717) is 12.1 Å². The third-order valence-electron chi connectivity index (χ3n) is 4.32. The van der Waals surface area contributed by atoms with Crippen LogP contribution < -0.4 is 0 Å². The summed E-state index contributed by atoms with van der Waals surface area (Å²) in [6.45, 7) is 2.02. The second-order valence-corrected chi connectivity index (χ2v) is 5.94. The van der Waals surface area contributed by atoms with Gasteiger partial charge in [0.05, 0.1) is 5.52 Å². The molecule has 0 spiro atoms. The van der Waals surface area contributed by atoms with Gasteiger partial charge in [-0.05, 0) is 29.3 Å². The summed E-state index contributed by atoms with van der Waals surface area (Å²) < 4.78 is 2.02. The van der Waals surface area contributed by atoms with E-state index in [-0.39, 0.29) is 5.78 Å². The fourth-order valence-electron chi connectivity index (χ4n) is 3.20. The van der Waals surface area contributed by atoms with Crippen LogP contribution in [0, 0.1) is 0 Å². The Kier molecular flexibility index (Phi) is 3.62. The van der Waals surface area contributed by atoms with Crippen molar-refractivity contribution in [2.45, 2.75) is 19.8 Å². The minimum atomic E-state index is 0.104. The molecule has 0 radical (unpaired) electrons. The van der Waals surface area contributed by atoms with Crippen molar-refractivity contribution in [3.63, 3.8) is 0 Å². The summed E-state index contributed by atoms with van der Waals surface area (Å²) >= 11 is 0. The average Bonchev–Trinajstić information content (AvgIpc) is 3.01. The fourth-order valence-corrected chi connectivity index (χ4v) is 3.20. The number of imidazole rings is 1. The minimum Gasteiger partial charge on any atom is -0.299 e. The van der Waals surface area contributed by atoms with Gasteiger partial charge in [-0.15, -0.1) is 0 Å². The average molecular weight is 314 g/mol. The van der Waals surface area contributed by atoms with E-state index in [1.54, 1.807) is 0 Å². The summed E-state index contributed by atoms with van der Waals surface area (Å²) in [5, 5.41) is 2.31. The maximum Gasteiger partial charge on any atom is 0.183 e. The number of rotatable bonds is 4. The number of ketones is 1. The molecule has 0 aliphatic carbocycles. The molecule has 0 bridgehead atoms. The van der Waals surface area contributed by atoms with Gasteiger partial charge < -0.3 is 0 Å². The van der Waals surface area contributed by atoms with Crippen LogP contribution in [-0.2, 0) is 0 Å². The number of nitrogens with zero attached hydrogens (tertiary/aromatic N) is 2. The molecule has 2 aromatic carbocycles. The molecule has 0 aliphatic heterocycles. The summed E-state index contributed by atoms with van der Waals surface area (Å²) in [6.07, 6.45) is 3.33. The normalized spacial score (nSPS) is 11.2. The molecule has 3 heteroatoms. The van der Waals surface area contributed by atoms with Crippen LogP contribution in [0.3, 0.4) is 0 Å². The van der Waals surface area contributed by atoms with Gasteiger partial charge in [0, 0.05) is 18.2 Å². The van der Waals surface area contributed by atoms with Gasteiger partial charge in [0.25, 0.3) is 0 Å². The van der Waals surface area contributed by atoms with Gasteiger partial charge in [-0.2, -0.15) is 0 Å². The number of aromatic nitrogens is 2. The number of hydrogen-bond donors (Lipinski definition) is 0. The lowest BCUT2D eigenvalue weighted by Crippen LogP contribution is -1.99. The van der Waals surface area contributed by atoms with Gasteiger partial charge in [0.15, 0.2) is 5.78 Å². The summed E-state index contributed by atoms with van der Waals surface area (Å²) in [5.41, 5.74) is 2.49. The highest BCUT2D eigenvalue weighted by Crippen LogP contribution is 2.30. The van der Waals surface area contributed by atoms with Crippen LogP contribution in [0.1, 0.15) is 30.3 Å². The van der Waals surface area contributed by atoms with Crippen molar-refractivity contribution in [2.24, 2.45) is 0 Å². The number of carbonyl (C=O) groups is 1. The topological polar surface area (TPSA) is 34.4 Å². The zero-order valence-corrected chi connectivity index (χ0v) is 13.6. The molecular formula is C21H18N2O. The molecule has 2 aromatic heterocycles. The van der Waals surface area contributed by atoms with E-state index >= 15 is 0 Å². The lowest BCUT2D eigenvalue weighted by atomic mass is 10.0. The van der Waals surface area contributed by atoms with Gasteiger partial charge in [0.1, 0.15) is 11.5 Å². The molecule has 4 aromatic rings. The molecule has 0 saturated carbocycles. The Labute approximate surface area is 140 Å². The molecule has 3 nitrogen and oxygen atoms in total. The Balaban J connectivity index is 2.02. The molecule has 118 valence electrons. The van der Waals surface area contributed by atoms with Gasteiger partial charge in [-0.1, -0.05) is 55.5 Å². The lowest BCUT2D eigenvalue weighted by molar-refractivity contribution is 0.0979. The van der Waals surface area contributed by atoms with E-state index in [1.165, 1.54) is 5.39 Å². The smallest absolute Gasteiger partial charge is 0.183 e. The zero-order chi connectivity index (χ0) is 16.5. The van der Waals surface area contributed by atoms with Crippen molar-refractivity contribution in [3.05, 3.63) is 72.6 Å². The number of carbonyl (C=O) groups excluding carboxylic acids is 1. The van der Waals surface area contributed by atoms with Crippen molar-refractivity contribution in [1.82, 2.24) is 9.38 Å². The largest absolute Gasteiger partial charge is 0.299 e. The van der Waals surface area contributed by atoms with E-state index in [0.717, 1.165) is 28.7 Å². The fraction of sp³-hybridized carbons (Fsp3) is 0.143. The second-order valence-electron chi connectivity index (χ2n) is 5.94. The van der Waals surface area contributed by atoms with E-state index in [4.69, 9.17) is 4.98 Å². The molecular weight excluding hydrogens is 296 g/mol. The molecule has 0 unspecified atom stereocenters. The molecule has 0 fully saturated rings. The first-order chi connectivity index (χ1) is 11.8. The third kappa shape index (κ3) is 2.29. The minimum absolute atomic E-state index is 0.104. The number of Topliss-reactive ketones (excluding diaryl/α,β-unsaturated/α-hetero) is 1. The quantitative estimate of drug-likeness (QED) is 0.489. The highest BCUT2D eigenvalue weighted by atomic mass is 16.1. The maximum atomic E-state index is 12.5. The van der Waals surface area contributed by atoms with Crippen LogP contribution in [0.4, 0.5) is 0 Å². The Hall–Kier alpha value is -2.94. The summed E-state index contributed by atoms with van der Waals surface area (Å²) in [7, 11) is 0. The molecule has 24 heavy (non-hydrogen) atoms. The summed E-state index contributed by atoms with van der Waals surface area (Å²) in [6, 6.07) is 20.3. The molecule has 0 N–H and O–H groups in total. The summed E-state index contributed by atoms with van der Waals surface area (Å²) in [5.74, 6) is 0.925. The monoisotopic (exact) mass is 314 g/mol. The van der Waals surface area contributed by atoms with Gasteiger partial charge in [-0.3, -0.25) is 9.20 Å². The van der Waals surface area contributed by atoms with Crippen LogP contribution in [0.5, 0.6) is 0 Å². The van der Waals surface area contributed by atoms with Crippen molar-refractivity contribution in [2.75, 3.05) is 0 Å². The zero-order valence-electron chi connectivity index (χ0n) is 13.6. The highest BCUT2D eigenvalue weighted by Gasteiger charge is 2.18. The first-order valence-electron chi connectivity index (χ1n) is 8.28. The lowest BCUT2D eigenvalue weighted by Gasteiger charge is -2.05. The second kappa shape index (κ2) is 5.93. The maximum absolute atomic E-state index is 12.5. The standard InChI is InChI=1S/C21H18N2O/c1-2-8-19(24)20-18-13-5-6-14-23(18)21(22-20)17-12-7-10-15-9-3-4-11-16(15)17/h3-7,9-14H,2,8H2,1H3. The first-order valence-corrected chi connectivity index (χ1v) is 8.28. The predicted molar refractivity (Wildman–Crippen MR) is 97.4 cm³/mol. The van der Waals surface area contributed by atoms with Crippen LogP contribution in [0.25, 0.3) is 27.7 Å². The molecule has 0 amide bonds. The van der Waals surface area contributed by atoms with Crippen molar-refractivity contribution < 1.29 is 4.79 Å². The Morgan fingerprint density at radius 3 is 2.67 bits per heavy atom. The SMILES string of the molecule is CCCC(=O)c1nc(-c2cccc3ccccc23)n2ccccc12. The van der Waals surface area contributed by atoms with Crippen LogP contribution >= 0.6 is 0 Å². The third-order valence-corrected chi connectivity index (χ3v) is 4.32. The van der Waals surface area contributed by atoms with Crippen molar-refractivity contribution in [3.8, 4) is 11.4 Å². The van der Waals surface area contributed by atoms with Crippen molar-refractivity contribution in [1.29, 1.82) is 0 Å². The van der Waals surface area contributed by atoms with Gasteiger partial charge >= 0.3 is 0 Å². The number of benzene rings is 2. The van der Waals surface area contributed by atoms with Crippen molar-refractivity contribution >= 4 is 22.1 Å². The van der Waals surface area contributed by atoms with E-state index in [2.05, 4.69) is 24.3 Å². The van der Waals surface area contributed by atoms with Gasteiger partial charge in [0.2, 0.25) is 0 Å². The Bertz CT molecular complexity index is 1040. The van der Waals surface area contributed by atoms with Crippen LogP contribution in [-0.4, -0.2) is 15.2 Å². The molecule has 0 atom stereocenters. The molecule has 0 aliphatic rings. The van der Waals surface area contributed by atoms with E-state index in [1.807, 2.05) is 53.9 Å². The Morgan fingerprint density at radius 2 is 1.79 bits per heavy atom. The van der Waals surface area contributed by atoms with E-state index in [9.17, 15) is 4.79 Å². The molecule has 0 saturated heterocycles. The van der Waals surface area contributed by atoms with E-state index < -0.39 is 0 Å². The predicted octanol–water partition coefficient (Wildman–Crippen LogP) is 5.14. The van der Waals surface area contributed by atoms with Crippen LogP contribution in [0.2, 0.25) is 0 Å². The summed E-state index contributed by atoms with van der Waals surface area (Å²) in [4.78, 5) is 17.2. The van der Waals surface area contributed by atoms with Gasteiger partial charge in [-0.25, -0.2) is 4.98 Å². The highest BCUT2D eigenvalue weighted by molar-refractivity contribution is 6.03.